The second kappa shape index (κ2) is 7.35. The summed E-state index contributed by atoms with van der Waals surface area (Å²) in [5, 5.41) is 8.89. The summed E-state index contributed by atoms with van der Waals surface area (Å²) >= 11 is 3.13. The van der Waals surface area contributed by atoms with E-state index in [0.29, 0.717) is 13.0 Å². The van der Waals surface area contributed by atoms with Gasteiger partial charge in [0, 0.05) is 18.1 Å². The Morgan fingerprint density at radius 3 is 2.33 bits per heavy atom. The molecule has 0 heterocycles. The second-order valence-corrected chi connectivity index (χ2v) is 7.80. The van der Waals surface area contributed by atoms with Crippen molar-refractivity contribution in [3.8, 4) is 0 Å². The van der Waals surface area contributed by atoms with Crippen LogP contribution in [0.3, 0.4) is 0 Å². The van der Waals surface area contributed by atoms with Gasteiger partial charge in [0.25, 0.3) is 0 Å². The highest BCUT2D eigenvalue weighted by Gasteiger charge is 2.23. The van der Waals surface area contributed by atoms with Crippen molar-refractivity contribution in [1.29, 1.82) is 0 Å². The Balaban J connectivity index is 2.94. The van der Waals surface area contributed by atoms with Crippen LogP contribution in [0.2, 0.25) is 0 Å². The van der Waals surface area contributed by atoms with Crippen LogP contribution in [0.1, 0.15) is 16.8 Å². The smallest absolute Gasteiger partial charge is 0.335 e. The first-order valence-corrected chi connectivity index (χ1v) is 8.53. The molecule has 21 heavy (non-hydrogen) atoms. The molecule has 0 spiro atoms. The number of sulfonamides is 1. The maximum Gasteiger partial charge on any atom is 0.335 e. The van der Waals surface area contributed by atoms with Gasteiger partial charge < -0.3 is 10.0 Å². The number of benzene rings is 1. The van der Waals surface area contributed by atoms with Crippen molar-refractivity contribution in [1.82, 2.24) is 9.21 Å². The van der Waals surface area contributed by atoms with Crippen LogP contribution in [0.4, 0.5) is 0 Å². The van der Waals surface area contributed by atoms with Crippen molar-refractivity contribution < 1.29 is 18.3 Å². The largest absolute Gasteiger partial charge is 0.478 e. The molecule has 0 bridgehead atoms. The van der Waals surface area contributed by atoms with Gasteiger partial charge in [-0.3, -0.25) is 0 Å². The fourth-order valence-corrected chi connectivity index (χ4v) is 3.98. The fraction of sp³-hybridized carbons (Fsp3) is 0.462. The highest BCUT2D eigenvalue weighted by Crippen LogP contribution is 2.25. The maximum atomic E-state index is 12.4. The third kappa shape index (κ3) is 4.77. The minimum absolute atomic E-state index is 0.0380. The molecule has 0 amide bonds. The Bertz CT molecular complexity index is 617. The standard InChI is InChI=1S/C13H19BrN2O4S/c1-15(2)7-4-8-16(3)21(19,20)12-6-5-10(13(17)18)9-11(12)14/h5-6,9H,4,7-8H2,1-3H3,(H,17,18). The van der Waals surface area contributed by atoms with Crippen LogP contribution in [0, 0.1) is 0 Å². The summed E-state index contributed by atoms with van der Waals surface area (Å²) in [4.78, 5) is 12.9. The number of carboxylic acid groups (broad SMARTS) is 1. The molecule has 6 nitrogen and oxygen atoms in total. The molecular formula is C13H19BrN2O4S. The van der Waals surface area contributed by atoms with E-state index in [1.165, 1.54) is 29.6 Å². The lowest BCUT2D eigenvalue weighted by Gasteiger charge is -2.19. The predicted molar refractivity (Wildman–Crippen MR) is 84.1 cm³/mol. The first-order chi connectivity index (χ1) is 9.66. The molecule has 0 aliphatic carbocycles. The molecule has 0 saturated heterocycles. The zero-order valence-electron chi connectivity index (χ0n) is 12.2. The summed E-state index contributed by atoms with van der Waals surface area (Å²) in [6, 6.07) is 3.89. The van der Waals surface area contributed by atoms with Crippen molar-refractivity contribution in [2.75, 3.05) is 34.2 Å². The molecule has 0 radical (unpaired) electrons. The van der Waals surface area contributed by atoms with Crippen molar-refractivity contribution in [3.63, 3.8) is 0 Å². The van der Waals surface area contributed by atoms with Gasteiger partial charge >= 0.3 is 5.97 Å². The molecule has 0 fully saturated rings. The van der Waals surface area contributed by atoms with E-state index in [2.05, 4.69) is 15.9 Å². The molecule has 8 heteroatoms. The van der Waals surface area contributed by atoms with Crippen LogP contribution in [0.5, 0.6) is 0 Å². The van der Waals surface area contributed by atoms with E-state index in [4.69, 9.17) is 5.11 Å². The number of halogens is 1. The molecular weight excluding hydrogens is 360 g/mol. The highest BCUT2D eigenvalue weighted by molar-refractivity contribution is 9.10. The third-order valence-corrected chi connectivity index (χ3v) is 5.78. The molecule has 0 aliphatic rings. The second-order valence-electron chi connectivity index (χ2n) is 4.93. The summed E-state index contributed by atoms with van der Waals surface area (Å²) in [5.74, 6) is -1.10. The monoisotopic (exact) mass is 378 g/mol. The van der Waals surface area contributed by atoms with Crippen LogP contribution < -0.4 is 0 Å². The first kappa shape index (κ1) is 18.1. The third-order valence-electron chi connectivity index (χ3n) is 2.95. The van der Waals surface area contributed by atoms with Crippen LogP contribution in [-0.4, -0.2) is 62.9 Å². The van der Waals surface area contributed by atoms with Gasteiger partial charge in [0.05, 0.1) is 10.5 Å². The molecule has 1 aromatic rings. The molecule has 0 unspecified atom stereocenters. The molecule has 0 saturated carbocycles. The number of hydrogen-bond donors (Lipinski definition) is 1. The molecule has 1 aromatic carbocycles. The van der Waals surface area contributed by atoms with Gasteiger partial charge in [-0.15, -0.1) is 0 Å². The quantitative estimate of drug-likeness (QED) is 0.781. The Morgan fingerprint density at radius 1 is 1.24 bits per heavy atom. The van der Waals surface area contributed by atoms with E-state index < -0.39 is 16.0 Å². The summed E-state index contributed by atoms with van der Waals surface area (Å²) in [6.07, 6.45) is 0.716. The average molecular weight is 379 g/mol. The van der Waals surface area contributed by atoms with Gasteiger partial charge in [-0.2, -0.15) is 0 Å². The highest BCUT2D eigenvalue weighted by atomic mass is 79.9. The number of hydrogen-bond acceptors (Lipinski definition) is 4. The van der Waals surface area contributed by atoms with Gasteiger partial charge in [0.15, 0.2) is 0 Å². The lowest BCUT2D eigenvalue weighted by molar-refractivity contribution is 0.0696. The van der Waals surface area contributed by atoms with E-state index in [9.17, 15) is 13.2 Å². The molecule has 0 aromatic heterocycles. The van der Waals surface area contributed by atoms with Crippen LogP contribution in [0.15, 0.2) is 27.6 Å². The predicted octanol–water partition coefficient (Wildman–Crippen LogP) is 1.72. The van der Waals surface area contributed by atoms with Gasteiger partial charge in [-0.1, -0.05) is 0 Å². The Hall–Kier alpha value is -0.960. The Labute approximate surface area is 133 Å². The number of nitrogens with zero attached hydrogens (tertiary/aromatic N) is 2. The van der Waals surface area contributed by atoms with Gasteiger partial charge in [0.2, 0.25) is 10.0 Å². The van der Waals surface area contributed by atoms with Gasteiger partial charge in [-0.25, -0.2) is 17.5 Å². The summed E-state index contributed by atoms with van der Waals surface area (Å²) in [5.41, 5.74) is 0.0380. The van der Waals surface area contributed by atoms with Crippen LogP contribution in [0.25, 0.3) is 0 Å². The average Bonchev–Trinajstić information content (AvgIpc) is 2.37. The maximum absolute atomic E-state index is 12.4. The van der Waals surface area contributed by atoms with E-state index in [1.807, 2.05) is 19.0 Å². The van der Waals surface area contributed by atoms with Crippen molar-refractivity contribution in [2.45, 2.75) is 11.3 Å². The van der Waals surface area contributed by atoms with E-state index in [0.717, 1.165) is 6.54 Å². The van der Waals surface area contributed by atoms with E-state index in [1.54, 1.807) is 0 Å². The van der Waals surface area contributed by atoms with Crippen molar-refractivity contribution in [3.05, 3.63) is 28.2 Å². The molecule has 118 valence electrons. The normalized spacial score (nSPS) is 12.1. The van der Waals surface area contributed by atoms with Crippen LogP contribution in [-0.2, 0) is 10.0 Å². The number of carbonyl (C=O) groups is 1. The lowest BCUT2D eigenvalue weighted by Crippen LogP contribution is -2.30. The van der Waals surface area contributed by atoms with Gasteiger partial charge in [-0.05, 0) is 61.2 Å². The van der Waals surface area contributed by atoms with E-state index in [-0.39, 0.29) is 14.9 Å². The van der Waals surface area contributed by atoms with Gasteiger partial charge in [0.1, 0.15) is 0 Å². The Morgan fingerprint density at radius 2 is 1.86 bits per heavy atom. The molecule has 0 atom stereocenters. The van der Waals surface area contributed by atoms with Crippen LogP contribution >= 0.6 is 15.9 Å². The fourth-order valence-electron chi connectivity index (χ4n) is 1.74. The molecule has 1 rings (SSSR count). The zero-order chi connectivity index (χ0) is 16.2. The molecule has 1 N–H and O–H groups in total. The zero-order valence-corrected chi connectivity index (χ0v) is 14.6. The first-order valence-electron chi connectivity index (χ1n) is 6.30. The molecule has 0 aliphatic heterocycles. The van der Waals surface area contributed by atoms with Crippen molar-refractivity contribution >= 4 is 31.9 Å². The summed E-state index contributed by atoms with van der Waals surface area (Å²) < 4.78 is 26.4. The topological polar surface area (TPSA) is 77.9 Å². The lowest BCUT2D eigenvalue weighted by atomic mass is 10.2. The number of rotatable bonds is 7. The minimum atomic E-state index is -3.64. The number of carboxylic acids is 1. The summed E-state index contributed by atoms with van der Waals surface area (Å²) in [6.45, 7) is 1.19. The SMILES string of the molecule is CN(C)CCCN(C)S(=O)(=O)c1ccc(C(=O)O)cc1Br. The number of aromatic carboxylic acids is 1. The minimum Gasteiger partial charge on any atom is -0.478 e. The Kier molecular flexibility index (Phi) is 6.33. The van der Waals surface area contributed by atoms with Crippen molar-refractivity contribution in [2.24, 2.45) is 0 Å². The van der Waals surface area contributed by atoms with E-state index >= 15 is 0 Å². The summed E-state index contributed by atoms with van der Waals surface area (Å²) in [7, 11) is 1.73.